The molecule has 4 rings (SSSR count). The number of amides is 2. The largest absolute Gasteiger partial charge is 0.468 e. The van der Waals surface area contributed by atoms with Crippen LogP contribution in [-0.4, -0.2) is 42.4 Å². The van der Waals surface area contributed by atoms with Crippen molar-refractivity contribution in [1.82, 2.24) is 10.2 Å². The third-order valence-corrected chi connectivity index (χ3v) is 6.60. The Labute approximate surface area is 186 Å². The monoisotopic (exact) mass is 438 g/mol. The minimum atomic E-state index is -1.27. The molecule has 0 aromatic heterocycles. The molecule has 2 aliphatic heterocycles. The number of halogens is 1. The Morgan fingerprint density at radius 3 is 2.16 bits per heavy atom. The van der Waals surface area contributed by atoms with E-state index in [-0.39, 0.29) is 23.5 Å². The maximum atomic E-state index is 13.2. The zero-order chi connectivity index (χ0) is 23.2. The molecule has 0 spiro atoms. The van der Waals surface area contributed by atoms with Crippen LogP contribution in [0.15, 0.2) is 48.5 Å². The summed E-state index contributed by atoms with van der Waals surface area (Å²) in [7, 11) is 2.77. The summed E-state index contributed by atoms with van der Waals surface area (Å²) in [4.78, 5) is 40.3. The van der Waals surface area contributed by atoms with Crippen LogP contribution in [0.25, 0.3) is 11.1 Å². The first-order valence-corrected chi connectivity index (χ1v) is 10.7. The number of nitrogens with one attached hydrogen (secondary N) is 1. The maximum Gasteiger partial charge on any atom is 0.326 e. The SMILES string of the molecule is COC(=O)[C@]1(CC(C)C)N[C@H](c2ccc(-c3ccc(F)cc3)cc2)[C@@H]2C(=O)N(C)C(=O)[C@@H]21. The van der Waals surface area contributed by atoms with Gasteiger partial charge in [0, 0.05) is 13.1 Å². The molecular formula is C25H27FN2O4. The van der Waals surface area contributed by atoms with E-state index >= 15 is 0 Å². The van der Waals surface area contributed by atoms with E-state index < -0.39 is 29.4 Å². The first-order chi connectivity index (χ1) is 15.2. The Morgan fingerprint density at radius 1 is 1.06 bits per heavy atom. The molecule has 2 amide bonds. The Morgan fingerprint density at radius 2 is 1.62 bits per heavy atom. The van der Waals surface area contributed by atoms with Gasteiger partial charge in [-0.05, 0) is 41.2 Å². The number of ether oxygens (including phenoxy) is 1. The molecule has 6 nitrogen and oxygen atoms in total. The molecule has 0 radical (unpaired) electrons. The Kier molecular flexibility index (Phi) is 5.63. The Bertz CT molecular complexity index is 1050. The van der Waals surface area contributed by atoms with Gasteiger partial charge in [-0.25, -0.2) is 4.39 Å². The minimum absolute atomic E-state index is 0.0932. The van der Waals surface area contributed by atoms with Crippen molar-refractivity contribution in [1.29, 1.82) is 0 Å². The summed E-state index contributed by atoms with van der Waals surface area (Å²) in [6, 6.07) is 13.2. The Hall–Kier alpha value is -3.06. The molecule has 2 aromatic carbocycles. The van der Waals surface area contributed by atoms with Crippen LogP contribution >= 0.6 is 0 Å². The predicted molar refractivity (Wildman–Crippen MR) is 117 cm³/mol. The van der Waals surface area contributed by atoms with E-state index in [0.717, 1.165) is 21.6 Å². The van der Waals surface area contributed by atoms with Gasteiger partial charge in [0.15, 0.2) is 0 Å². The number of imide groups is 1. The average molecular weight is 438 g/mol. The van der Waals surface area contributed by atoms with Crippen LogP contribution in [0.1, 0.15) is 31.9 Å². The van der Waals surface area contributed by atoms with Crippen molar-refractivity contribution in [2.24, 2.45) is 17.8 Å². The molecule has 168 valence electrons. The van der Waals surface area contributed by atoms with Crippen LogP contribution in [0.5, 0.6) is 0 Å². The molecule has 1 N–H and O–H groups in total. The van der Waals surface area contributed by atoms with Gasteiger partial charge in [0.2, 0.25) is 11.8 Å². The highest BCUT2D eigenvalue weighted by Crippen LogP contribution is 2.51. The molecule has 2 aromatic rings. The molecule has 0 aliphatic carbocycles. The lowest BCUT2D eigenvalue weighted by Gasteiger charge is -2.33. The van der Waals surface area contributed by atoms with Gasteiger partial charge in [-0.1, -0.05) is 50.2 Å². The maximum absolute atomic E-state index is 13.2. The smallest absolute Gasteiger partial charge is 0.326 e. The molecule has 2 fully saturated rings. The van der Waals surface area contributed by atoms with Gasteiger partial charge in [0.05, 0.1) is 18.9 Å². The van der Waals surface area contributed by atoms with Gasteiger partial charge in [0.25, 0.3) is 0 Å². The van der Waals surface area contributed by atoms with Gasteiger partial charge >= 0.3 is 5.97 Å². The molecule has 0 bridgehead atoms. The number of carbonyl (C=O) groups is 3. The fourth-order valence-corrected chi connectivity index (χ4v) is 5.24. The summed E-state index contributed by atoms with van der Waals surface area (Å²) >= 11 is 0. The van der Waals surface area contributed by atoms with Gasteiger partial charge in [0.1, 0.15) is 11.4 Å². The van der Waals surface area contributed by atoms with Crippen LogP contribution in [-0.2, 0) is 19.1 Å². The molecule has 4 atom stereocenters. The van der Waals surface area contributed by atoms with E-state index in [4.69, 9.17) is 4.74 Å². The fourth-order valence-electron chi connectivity index (χ4n) is 5.24. The molecule has 32 heavy (non-hydrogen) atoms. The third kappa shape index (κ3) is 3.41. The van der Waals surface area contributed by atoms with Crippen molar-refractivity contribution in [3.05, 3.63) is 59.9 Å². The fraction of sp³-hybridized carbons (Fsp3) is 0.400. The van der Waals surface area contributed by atoms with Crippen molar-refractivity contribution in [3.63, 3.8) is 0 Å². The van der Waals surface area contributed by atoms with Gasteiger partial charge < -0.3 is 4.74 Å². The first-order valence-electron chi connectivity index (χ1n) is 10.7. The second-order valence-corrected chi connectivity index (χ2v) is 9.05. The normalized spacial score (nSPS) is 27.2. The molecule has 2 heterocycles. The highest BCUT2D eigenvalue weighted by molar-refractivity contribution is 6.09. The van der Waals surface area contributed by atoms with Crippen LogP contribution in [0.3, 0.4) is 0 Å². The van der Waals surface area contributed by atoms with E-state index in [1.54, 1.807) is 12.1 Å². The number of esters is 1. The molecule has 0 saturated carbocycles. The average Bonchev–Trinajstić information content (AvgIpc) is 3.23. The lowest BCUT2D eigenvalue weighted by Crippen LogP contribution is -2.56. The van der Waals surface area contributed by atoms with Crippen LogP contribution in [0.4, 0.5) is 4.39 Å². The topological polar surface area (TPSA) is 75.7 Å². The first kappa shape index (κ1) is 22.1. The van der Waals surface area contributed by atoms with Crippen molar-refractivity contribution in [3.8, 4) is 11.1 Å². The summed E-state index contributed by atoms with van der Waals surface area (Å²) in [6.07, 6.45) is 0.373. The summed E-state index contributed by atoms with van der Waals surface area (Å²) in [5.74, 6) is -2.90. The van der Waals surface area contributed by atoms with Crippen LogP contribution in [0, 0.1) is 23.6 Å². The number of hydrogen-bond donors (Lipinski definition) is 1. The zero-order valence-corrected chi connectivity index (χ0v) is 18.6. The number of benzene rings is 2. The van der Waals surface area contributed by atoms with E-state index in [1.807, 2.05) is 38.1 Å². The van der Waals surface area contributed by atoms with Gasteiger partial charge in [-0.2, -0.15) is 0 Å². The molecule has 2 saturated heterocycles. The molecule has 2 aliphatic rings. The number of likely N-dealkylation sites (tertiary alicyclic amines) is 1. The third-order valence-electron chi connectivity index (χ3n) is 6.60. The quantitative estimate of drug-likeness (QED) is 0.573. The van der Waals surface area contributed by atoms with Crippen molar-refractivity contribution in [2.75, 3.05) is 14.2 Å². The standard InChI is InChI=1S/C25H27FN2O4/c1-14(2)13-25(24(31)32-4)20-19(22(29)28(3)23(20)30)21(27-25)17-7-5-15(6-8-17)16-9-11-18(26)12-10-16/h5-12,14,19-21,27H,13H2,1-4H3/t19-,20-,21-,25-/m1/s1. The second-order valence-electron chi connectivity index (χ2n) is 9.05. The van der Waals surface area contributed by atoms with E-state index in [0.29, 0.717) is 6.42 Å². The van der Waals surface area contributed by atoms with Crippen LogP contribution in [0.2, 0.25) is 0 Å². The highest BCUT2D eigenvalue weighted by Gasteiger charge is 2.68. The van der Waals surface area contributed by atoms with E-state index in [2.05, 4.69) is 5.32 Å². The Balaban J connectivity index is 1.75. The van der Waals surface area contributed by atoms with Gasteiger partial charge in [-0.15, -0.1) is 0 Å². The van der Waals surface area contributed by atoms with Crippen molar-refractivity contribution < 1.29 is 23.5 Å². The molecule has 0 unspecified atom stereocenters. The number of carbonyl (C=O) groups excluding carboxylic acids is 3. The number of methoxy groups -OCH3 is 1. The number of rotatable bonds is 5. The van der Waals surface area contributed by atoms with Gasteiger partial charge in [-0.3, -0.25) is 24.6 Å². The number of fused-ring (bicyclic) bond motifs is 1. The van der Waals surface area contributed by atoms with E-state index in [9.17, 15) is 18.8 Å². The minimum Gasteiger partial charge on any atom is -0.468 e. The lowest BCUT2D eigenvalue weighted by molar-refractivity contribution is -0.154. The molecule has 7 heteroatoms. The van der Waals surface area contributed by atoms with Crippen LogP contribution < -0.4 is 5.32 Å². The second kappa shape index (κ2) is 8.13. The number of hydrogen-bond acceptors (Lipinski definition) is 5. The summed E-state index contributed by atoms with van der Waals surface area (Å²) in [5, 5.41) is 3.36. The lowest BCUT2D eigenvalue weighted by atomic mass is 9.75. The number of nitrogens with zero attached hydrogens (tertiary/aromatic N) is 1. The van der Waals surface area contributed by atoms with Crippen molar-refractivity contribution >= 4 is 17.8 Å². The summed E-state index contributed by atoms with van der Waals surface area (Å²) < 4.78 is 18.4. The van der Waals surface area contributed by atoms with E-state index in [1.165, 1.54) is 26.3 Å². The van der Waals surface area contributed by atoms with Crippen molar-refractivity contribution in [2.45, 2.75) is 31.8 Å². The predicted octanol–water partition coefficient (Wildman–Crippen LogP) is 3.33. The summed E-state index contributed by atoms with van der Waals surface area (Å²) in [5.41, 5.74) is 1.30. The molecular weight excluding hydrogens is 411 g/mol. The zero-order valence-electron chi connectivity index (χ0n) is 18.6. The highest BCUT2D eigenvalue weighted by atomic mass is 19.1. The summed E-state index contributed by atoms with van der Waals surface area (Å²) in [6.45, 7) is 3.94.